The third-order valence-electron chi connectivity index (χ3n) is 4.60. The Bertz CT molecular complexity index is 1160. The number of nitrogens with zero attached hydrogens (tertiary/aromatic N) is 1. The van der Waals surface area contributed by atoms with Gasteiger partial charge in [-0.2, -0.15) is 13.2 Å². The SMILES string of the molecule is COc1cn(CC(=O)Nc2cccc(C(F)(F)F)c2)c(CSc2ccc(C)cc2)cc1=O. The maximum atomic E-state index is 12.9. The van der Waals surface area contributed by atoms with Crippen LogP contribution in [0, 0.1) is 6.92 Å². The maximum absolute atomic E-state index is 12.9. The van der Waals surface area contributed by atoms with Gasteiger partial charge < -0.3 is 14.6 Å². The molecule has 1 aromatic heterocycles. The molecule has 1 heterocycles. The number of thioether (sulfide) groups is 1. The average Bonchev–Trinajstić information content (AvgIpc) is 2.74. The highest BCUT2D eigenvalue weighted by Gasteiger charge is 2.30. The van der Waals surface area contributed by atoms with E-state index in [1.165, 1.54) is 43.3 Å². The molecule has 1 N–H and O–H groups in total. The Labute approximate surface area is 187 Å². The van der Waals surface area contributed by atoms with Crippen LogP contribution in [0.25, 0.3) is 0 Å². The second-order valence-electron chi connectivity index (χ2n) is 7.05. The monoisotopic (exact) mass is 462 g/mol. The lowest BCUT2D eigenvalue weighted by Gasteiger charge is -2.15. The number of pyridine rings is 1. The summed E-state index contributed by atoms with van der Waals surface area (Å²) >= 11 is 1.50. The standard InChI is InChI=1S/C23H21F3N2O3S/c1-15-6-8-19(9-7-15)32-14-18-11-20(29)21(31-2)12-28(18)13-22(30)27-17-5-3-4-16(10-17)23(24,25)26/h3-12H,13-14H2,1-2H3,(H,27,30). The van der Waals surface area contributed by atoms with Gasteiger partial charge in [0.2, 0.25) is 11.3 Å². The summed E-state index contributed by atoms with van der Waals surface area (Å²) in [4.78, 5) is 25.8. The van der Waals surface area contributed by atoms with Crippen LogP contribution in [-0.4, -0.2) is 17.6 Å². The predicted molar refractivity (Wildman–Crippen MR) is 118 cm³/mol. The van der Waals surface area contributed by atoms with Gasteiger partial charge in [0, 0.05) is 28.1 Å². The van der Waals surface area contributed by atoms with E-state index in [1.807, 2.05) is 31.2 Å². The molecule has 0 saturated carbocycles. The summed E-state index contributed by atoms with van der Waals surface area (Å²) in [5, 5.41) is 2.48. The van der Waals surface area contributed by atoms with Crippen LogP contribution >= 0.6 is 11.8 Å². The molecular formula is C23H21F3N2O3S. The number of halogens is 3. The maximum Gasteiger partial charge on any atom is 0.416 e. The van der Waals surface area contributed by atoms with Crippen LogP contribution in [0.5, 0.6) is 5.75 Å². The molecule has 0 bridgehead atoms. The Balaban J connectivity index is 1.79. The number of alkyl halides is 3. The van der Waals surface area contributed by atoms with Crippen molar-refractivity contribution >= 4 is 23.4 Å². The van der Waals surface area contributed by atoms with E-state index < -0.39 is 17.6 Å². The summed E-state index contributed by atoms with van der Waals surface area (Å²) in [5.41, 5.74) is 0.577. The number of nitrogens with one attached hydrogen (secondary N) is 1. The summed E-state index contributed by atoms with van der Waals surface area (Å²) in [7, 11) is 1.35. The summed E-state index contributed by atoms with van der Waals surface area (Å²) in [6, 6.07) is 13.7. The number of aryl methyl sites for hydroxylation is 1. The van der Waals surface area contributed by atoms with Crippen LogP contribution in [0.1, 0.15) is 16.8 Å². The third-order valence-corrected chi connectivity index (χ3v) is 5.64. The zero-order valence-electron chi connectivity index (χ0n) is 17.4. The lowest BCUT2D eigenvalue weighted by Crippen LogP contribution is -2.23. The molecule has 3 rings (SSSR count). The average molecular weight is 462 g/mol. The fourth-order valence-corrected chi connectivity index (χ4v) is 3.83. The van der Waals surface area contributed by atoms with Crippen molar-refractivity contribution in [2.75, 3.05) is 12.4 Å². The number of rotatable bonds is 7. The van der Waals surface area contributed by atoms with E-state index in [9.17, 15) is 22.8 Å². The van der Waals surface area contributed by atoms with Crippen LogP contribution in [0.4, 0.5) is 18.9 Å². The highest BCUT2D eigenvalue weighted by atomic mass is 32.2. The lowest BCUT2D eigenvalue weighted by molar-refractivity contribution is -0.137. The van der Waals surface area contributed by atoms with Gasteiger partial charge in [-0.05, 0) is 37.3 Å². The minimum Gasteiger partial charge on any atom is -0.491 e. The predicted octanol–water partition coefficient (Wildman–Crippen LogP) is 5.12. The lowest BCUT2D eigenvalue weighted by atomic mass is 10.2. The highest BCUT2D eigenvalue weighted by Crippen LogP contribution is 2.30. The largest absolute Gasteiger partial charge is 0.491 e. The van der Waals surface area contributed by atoms with Crippen molar-refractivity contribution < 1.29 is 22.7 Å². The number of methoxy groups -OCH3 is 1. The molecule has 0 aliphatic rings. The van der Waals surface area contributed by atoms with Gasteiger partial charge in [-0.15, -0.1) is 11.8 Å². The molecule has 0 radical (unpaired) electrons. The fourth-order valence-electron chi connectivity index (χ4n) is 2.94. The number of anilines is 1. The molecule has 3 aromatic rings. The molecule has 0 spiro atoms. The van der Waals surface area contributed by atoms with Gasteiger partial charge in [-0.1, -0.05) is 23.8 Å². The Morgan fingerprint density at radius 1 is 1.12 bits per heavy atom. The van der Waals surface area contributed by atoms with Crippen molar-refractivity contribution in [3.8, 4) is 5.75 Å². The number of aromatic nitrogens is 1. The Morgan fingerprint density at radius 2 is 1.84 bits per heavy atom. The van der Waals surface area contributed by atoms with Gasteiger partial charge in [-0.25, -0.2) is 0 Å². The smallest absolute Gasteiger partial charge is 0.416 e. The van der Waals surface area contributed by atoms with E-state index in [2.05, 4.69) is 5.32 Å². The van der Waals surface area contributed by atoms with Crippen molar-refractivity contribution in [2.24, 2.45) is 0 Å². The van der Waals surface area contributed by atoms with Crippen molar-refractivity contribution in [2.45, 2.75) is 30.3 Å². The van der Waals surface area contributed by atoms with Gasteiger partial charge in [0.15, 0.2) is 5.75 Å². The number of carbonyl (C=O) groups excluding carboxylic acids is 1. The molecule has 0 aliphatic carbocycles. The van der Waals surface area contributed by atoms with E-state index >= 15 is 0 Å². The van der Waals surface area contributed by atoms with E-state index in [-0.39, 0.29) is 23.4 Å². The minimum atomic E-state index is -4.51. The zero-order valence-corrected chi connectivity index (χ0v) is 18.2. The summed E-state index contributed by atoms with van der Waals surface area (Å²) in [5.74, 6) is -0.0448. The first kappa shape index (κ1) is 23.5. The second kappa shape index (κ2) is 9.95. The second-order valence-corrected chi connectivity index (χ2v) is 8.10. The van der Waals surface area contributed by atoms with Crippen molar-refractivity contribution in [1.82, 2.24) is 4.57 Å². The van der Waals surface area contributed by atoms with Crippen LogP contribution in [-0.2, 0) is 23.3 Å². The zero-order chi connectivity index (χ0) is 23.3. The molecule has 2 aromatic carbocycles. The molecule has 0 saturated heterocycles. The normalized spacial score (nSPS) is 11.3. The van der Waals surface area contributed by atoms with E-state index in [4.69, 9.17) is 4.74 Å². The minimum absolute atomic E-state index is 0.0356. The molecule has 32 heavy (non-hydrogen) atoms. The van der Waals surface area contributed by atoms with Crippen LogP contribution in [0.3, 0.4) is 0 Å². The van der Waals surface area contributed by atoms with Crippen LogP contribution < -0.4 is 15.5 Å². The topological polar surface area (TPSA) is 60.3 Å². The molecule has 1 amide bonds. The van der Waals surface area contributed by atoms with Gasteiger partial charge in [0.25, 0.3) is 0 Å². The van der Waals surface area contributed by atoms with E-state index in [0.717, 1.165) is 22.6 Å². The Hall–Kier alpha value is -3.20. The van der Waals surface area contributed by atoms with E-state index in [0.29, 0.717) is 11.4 Å². The van der Waals surface area contributed by atoms with Crippen LogP contribution in [0.2, 0.25) is 0 Å². The molecule has 0 atom stereocenters. The molecule has 0 aliphatic heterocycles. The molecule has 9 heteroatoms. The Morgan fingerprint density at radius 3 is 2.50 bits per heavy atom. The number of amides is 1. The highest BCUT2D eigenvalue weighted by molar-refractivity contribution is 7.98. The molecule has 0 unspecified atom stereocenters. The van der Waals surface area contributed by atoms with Gasteiger partial charge >= 0.3 is 6.18 Å². The molecular weight excluding hydrogens is 441 g/mol. The van der Waals surface area contributed by atoms with Gasteiger partial charge in [0.05, 0.1) is 18.9 Å². The summed E-state index contributed by atoms with van der Waals surface area (Å²) < 4.78 is 45.4. The van der Waals surface area contributed by atoms with Crippen molar-refractivity contribution in [1.29, 1.82) is 0 Å². The Kier molecular flexibility index (Phi) is 7.29. The van der Waals surface area contributed by atoms with E-state index in [1.54, 1.807) is 4.57 Å². The number of ether oxygens (including phenoxy) is 1. The summed E-state index contributed by atoms with van der Waals surface area (Å²) in [6.45, 7) is 1.79. The first-order valence-corrected chi connectivity index (χ1v) is 10.6. The van der Waals surface area contributed by atoms with Crippen molar-refractivity contribution in [3.63, 3.8) is 0 Å². The number of hydrogen-bond donors (Lipinski definition) is 1. The molecule has 5 nitrogen and oxygen atoms in total. The number of carbonyl (C=O) groups is 1. The molecule has 0 fully saturated rings. The number of benzene rings is 2. The number of hydrogen-bond acceptors (Lipinski definition) is 4. The van der Waals surface area contributed by atoms with Crippen LogP contribution in [0.15, 0.2) is 70.5 Å². The summed E-state index contributed by atoms with van der Waals surface area (Å²) in [6.07, 6.45) is -3.08. The quantitative estimate of drug-likeness (QED) is 0.496. The third kappa shape index (κ3) is 6.16. The molecule has 168 valence electrons. The van der Waals surface area contributed by atoms with Gasteiger partial charge in [-0.3, -0.25) is 9.59 Å². The fraction of sp³-hybridized carbons (Fsp3) is 0.217. The van der Waals surface area contributed by atoms with Crippen molar-refractivity contribution in [3.05, 3.63) is 87.8 Å². The first-order chi connectivity index (χ1) is 15.2. The first-order valence-electron chi connectivity index (χ1n) is 9.59. The van der Waals surface area contributed by atoms with Gasteiger partial charge in [0.1, 0.15) is 6.54 Å².